The minimum atomic E-state index is 0.874. The van der Waals surface area contributed by atoms with Crippen molar-refractivity contribution in [3.8, 4) is 0 Å². The van der Waals surface area contributed by atoms with Crippen LogP contribution in [-0.2, 0) is 6.54 Å². The lowest BCUT2D eigenvalue weighted by Crippen LogP contribution is -2.46. The summed E-state index contributed by atoms with van der Waals surface area (Å²) in [5.74, 6) is 0. The smallest absolute Gasteiger partial charge is 0.0794 e. The van der Waals surface area contributed by atoms with E-state index in [0.29, 0.717) is 0 Å². The highest BCUT2D eigenvalue weighted by atomic mass is 32.1. The van der Waals surface area contributed by atoms with E-state index in [2.05, 4.69) is 26.9 Å². The quantitative estimate of drug-likeness (QED) is 0.870. The summed E-state index contributed by atoms with van der Waals surface area (Å²) >= 11 is 1.73. The highest BCUT2D eigenvalue weighted by Crippen LogP contribution is 2.24. The van der Waals surface area contributed by atoms with Gasteiger partial charge in [0.2, 0.25) is 0 Å². The summed E-state index contributed by atoms with van der Waals surface area (Å²) in [5, 5.41) is 0. The summed E-state index contributed by atoms with van der Waals surface area (Å²) < 4.78 is 0. The van der Waals surface area contributed by atoms with Crippen LogP contribution in [0.3, 0.4) is 0 Å². The van der Waals surface area contributed by atoms with E-state index in [9.17, 15) is 0 Å². The van der Waals surface area contributed by atoms with Gasteiger partial charge in [-0.15, -0.1) is 11.3 Å². The predicted octanol–water partition coefficient (Wildman–Crippen LogP) is 2.05. The van der Waals surface area contributed by atoms with Gasteiger partial charge in [0, 0.05) is 43.8 Å². The number of piperazine rings is 1. The van der Waals surface area contributed by atoms with Gasteiger partial charge in [0.15, 0.2) is 0 Å². The molecular weight excluding hydrogens is 256 g/mol. The molecule has 1 fully saturated rings. The number of hydrogen-bond donors (Lipinski definition) is 1. The summed E-state index contributed by atoms with van der Waals surface area (Å²) in [7, 11) is 0. The number of para-hydroxylation sites is 2. The third kappa shape index (κ3) is 2.88. The lowest BCUT2D eigenvalue weighted by atomic mass is 10.2. The first kappa shape index (κ1) is 12.4. The highest BCUT2D eigenvalue weighted by molar-refractivity contribution is 7.09. The molecule has 1 aliphatic heterocycles. The first-order valence-corrected chi connectivity index (χ1v) is 7.40. The van der Waals surface area contributed by atoms with Crippen LogP contribution in [-0.4, -0.2) is 36.1 Å². The number of nitrogen functional groups attached to an aromatic ring is 1. The molecule has 0 spiro atoms. The Hall–Kier alpha value is -1.59. The third-order valence-corrected chi connectivity index (χ3v) is 4.28. The Morgan fingerprint density at radius 3 is 2.63 bits per heavy atom. The van der Waals surface area contributed by atoms with Crippen molar-refractivity contribution in [2.45, 2.75) is 6.54 Å². The third-order valence-electron chi connectivity index (χ3n) is 3.51. The number of nitrogens with zero attached hydrogens (tertiary/aromatic N) is 3. The molecule has 0 unspecified atom stereocenters. The fourth-order valence-corrected chi connectivity index (χ4v) is 3.10. The van der Waals surface area contributed by atoms with Crippen LogP contribution in [0.5, 0.6) is 0 Å². The first-order valence-electron chi connectivity index (χ1n) is 6.52. The van der Waals surface area contributed by atoms with Gasteiger partial charge in [-0.1, -0.05) is 12.1 Å². The van der Waals surface area contributed by atoms with Gasteiger partial charge < -0.3 is 10.6 Å². The SMILES string of the molecule is Nc1ccccc1N1CCN(Cc2cncs2)CC1. The standard InChI is InChI=1S/C14H18N4S/c15-13-3-1-2-4-14(13)18-7-5-17(6-8-18)10-12-9-16-11-19-12/h1-4,9,11H,5-8,10,15H2. The number of nitrogens with two attached hydrogens (primary N) is 1. The van der Waals surface area contributed by atoms with Gasteiger partial charge in [0.05, 0.1) is 16.9 Å². The van der Waals surface area contributed by atoms with E-state index in [1.54, 1.807) is 11.3 Å². The highest BCUT2D eigenvalue weighted by Gasteiger charge is 2.18. The van der Waals surface area contributed by atoms with Gasteiger partial charge in [0.25, 0.3) is 0 Å². The van der Waals surface area contributed by atoms with Crippen molar-refractivity contribution in [1.29, 1.82) is 0 Å². The molecule has 2 aromatic rings. The molecule has 2 heterocycles. The number of anilines is 2. The largest absolute Gasteiger partial charge is 0.397 e. The van der Waals surface area contributed by atoms with Crippen molar-refractivity contribution >= 4 is 22.7 Å². The average molecular weight is 274 g/mol. The molecule has 0 saturated carbocycles. The second-order valence-corrected chi connectivity index (χ2v) is 5.76. The molecular formula is C14H18N4S. The van der Waals surface area contributed by atoms with E-state index in [1.165, 1.54) is 10.6 Å². The summed E-state index contributed by atoms with van der Waals surface area (Å²) in [6.07, 6.45) is 1.96. The molecule has 1 aliphatic rings. The second kappa shape index (κ2) is 5.59. The number of hydrogen-bond acceptors (Lipinski definition) is 5. The van der Waals surface area contributed by atoms with E-state index < -0.39 is 0 Å². The maximum Gasteiger partial charge on any atom is 0.0794 e. The fourth-order valence-electron chi connectivity index (χ4n) is 2.46. The lowest BCUT2D eigenvalue weighted by molar-refractivity contribution is 0.252. The van der Waals surface area contributed by atoms with E-state index in [-0.39, 0.29) is 0 Å². The van der Waals surface area contributed by atoms with E-state index in [0.717, 1.165) is 38.4 Å². The number of benzene rings is 1. The Bertz CT molecular complexity index is 518. The Kier molecular flexibility index (Phi) is 3.66. The van der Waals surface area contributed by atoms with Crippen LogP contribution in [0.2, 0.25) is 0 Å². The molecule has 0 aliphatic carbocycles. The average Bonchev–Trinajstić information content (AvgIpc) is 2.93. The van der Waals surface area contributed by atoms with Crippen LogP contribution in [0.1, 0.15) is 4.88 Å². The fraction of sp³-hybridized carbons (Fsp3) is 0.357. The zero-order chi connectivity index (χ0) is 13.1. The molecule has 1 aromatic heterocycles. The lowest BCUT2D eigenvalue weighted by Gasteiger charge is -2.36. The van der Waals surface area contributed by atoms with Gasteiger partial charge in [-0.25, -0.2) is 0 Å². The van der Waals surface area contributed by atoms with Crippen molar-refractivity contribution in [2.24, 2.45) is 0 Å². The summed E-state index contributed by atoms with van der Waals surface area (Å²) in [5.41, 5.74) is 9.97. The topological polar surface area (TPSA) is 45.4 Å². The molecule has 1 saturated heterocycles. The van der Waals surface area contributed by atoms with Crippen LogP contribution in [0.4, 0.5) is 11.4 Å². The van der Waals surface area contributed by atoms with Crippen LogP contribution < -0.4 is 10.6 Å². The Morgan fingerprint density at radius 1 is 1.16 bits per heavy atom. The van der Waals surface area contributed by atoms with Crippen molar-refractivity contribution in [1.82, 2.24) is 9.88 Å². The second-order valence-electron chi connectivity index (χ2n) is 4.79. The summed E-state index contributed by atoms with van der Waals surface area (Å²) in [6, 6.07) is 8.11. The van der Waals surface area contributed by atoms with Gasteiger partial charge in [0.1, 0.15) is 0 Å². The Morgan fingerprint density at radius 2 is 1.95 bits per heavy atom. The Labute approximate surface area is 117 Å². The molecule has 0 radical (unpaired) electrons. The van der Waals surface area contributed by atoms with E-state index >= 15 is 0 Å². The van der Waals surface area contributed by atoms with Gasteiger partial charge in [-0.2, -0.15) is 0 Å². The summed E-state index contributed by atoms with van der Waals surface area (Å²) in [6.45, 7) is 5.24. The number of rotatable bonds is 3. The monoisotopic (exact) mass is 274 g/mol. The zero-order valence-corrected chi connectivity index (χ0v) is 11.6. The van der Waals surface area contributed by atoms with Crippen molar-refractivity contribution in [2.75, 3.05) is 36.8 Å². The maximum absolute atomic E-state index is 6.03. The minimum Gasteiger partial charge on any atom is -0.397 e. The summed E-state index contributed by atoms with van der Waals surface area (Å²) in [4.78, 5) is 10.3. The van der Waals surface area contributed by atoms with Gasteiger partial charge in [-0.05, 0) is 12.1 Å². The maximum atomic E-state index is 6.03. The molecule has 5 heteroatoms. The minimum absolute atomic E-state index is 0.874. The van der Waals surface area contributed by atoms with Crippen LogP contribution in [0.25, 0.3) is 0 Å². The molecule has 4 nitrogen and oxygen atoms in total. The molecule has 0 atom stereocenters. The molecule has 0 amide bonds. The van der Waals surface area contributed by atoms with Crippen molar-refractivity contribution < 1.29 is 0 Å². The molecule has 0 bridgehead atoms. The molecule has 1 aromatic carbocycles. The van der Waals surface area contributed by atoms with Crippen molar-refractivity contribution in [3.05, 3.63) is 40.8 Å². The number of thiazole rings is 1. The van der Waals surface area contributed by atoms with Crippen molar-refractivity contribution in [3.63, 3.8) is 0 Å². The predicted molar refractivity (Wildman–Crippen MR) is 80.5 cm³/mol. The Balaban J connectivity index is 1.59. The van der Waals surface area contributed by atoms with Crippen LogP contribution in [0, 0.1) is 0 Å². The van der Waals surface area contributed by atoms with Gasteiger partial charge >= 0.3 is 0 Å². The molecule has 19 heavy (non-hydrogen) atoms. The van der Waals surface area contributed by atoms with E-state index in [1.807, 2.05) is 23.8 Å². The zero-order valence-electron chi connectivity index (χ0n) is 10.8. The number of aromatic nitrogens is 1. The van der Waals surface area contributed by atoms with E-state index in [4.69, 9.17) is 5.73 Å². The molecule has 2 N–H and O–H groups in total. The van der Waals surface area contributed by atoms with Crippen LogP contribution in [0.15, 0.2) is 36.0 Å². The van der Waals surface area contributed by atoms with Gasteiger partial charge in [-0.3, -0.25) is 9.88 Å². The normalized spacial score (nSPS) is 16.7. The molecule has 3 rings (SSSR count). The van der Waals surface area contributed by atoms with Crippen LogP contribution >= 0.6 is 11.3 Å². The molecule has 100 valence electrons. The first-order chi connectivity index (χ1) is 9.33.